The van der Waals surface area contributed by atoms with Gasteiger partial charge in [0, 0.05) is 0 Å². The van der Waals surface area contributed by atoms with Crippen molar-refractivity contribution in [3.63, 3.8) is 0 Å². The van der Waals surface area contributed by atoms with E-state index >= 15 is 0 Å². The number of nitrogens with zero attached hydrogens (tertiary/aromatic N) is 2. The van der Waals surface area contributed by atoms with Crippen molar-refractivity contribution in [2.45, 2.75) is 13.8 Å². The quantitative estimate of drug-likeness (QED) is 0.466. The fourth-order valence-corrected chi connectivity index (χ4v) is 0.989. The van der Waals surface area contributed by atoms with E-state index in [0.29, 0.717) is 5.69 Å². The molecule has 0 amide bonds. The van der Waals surface area contributed by atoms with E-state index in [0.717, 1.165) is 5.56 Å². The lowest BCUT2D eigenvalue weighted by Gasteiger charge is -1.96. The van der Waals surface area contributed by atoms with Crippen molar-refractivity contribution < 1.29 is 15.0 Å². The van der Waals surface area contributed by atoms with E-state index in [2.05, 4.69) is 10.2 Å². The van der Waals surface area contributed by atoms with Gasteiger partial charge in [0.2, 0.25) is 5.70 Å². The average molecular weight is 220 g/mol. The summed E-state index contributed by atoms with van der Waals surface area (Å²) in [6.45, 7) is 3.18. The number of carbonyl (C=O) groups is 1. The summed E-state index contributed by atoms with van der Waals surface area (Å²) in [6.07, 6.45) is 0. The maximum absolute atomic E-state index is 10.6. The Morgan fingerprint density at radius 2 is 1.75 bits per heavy atom. The largest absolute Gasteiger partial charge is 0.510 e. The van der Waals surface area contributed by atoms with Crippen LogP contribution in [-0.4, -0.2) is 16.2 Å². The van der Waals surface area contributed by atoms with Gasteiger partial charge in [-0.2, -0.15) is 5.11 Å². The Kier molecular flexibility index (Phi) is 3.77. The van der Waals surface area contributed by atoms with Crippen LogP contribution in [-0.2, 0) is 4.79 Å². The zero-order valence-electron chi connectivity index (χ0n) is 9.01. The summed E-state index contributed by atoms with van der Waals surface area (Å²) in [5.74, 6) is -1.68. The van der Waals surface area contributed by atoms with Crippen molar-refractivity contribution in [2.24, 2.45) is 10.2 Å². The molecule has 0 fully saturated rings. The molecule has 0 unspecified atom stereocenters. The van der Waals surface area contributed by atoms with Crippen molar-refractivity contribution in [1.29, 1.82) is 0 Å². The molecule has 1 aromatic carbocycles. The standard InChI is InChI=1S/C11H12N2O3/c1-7-3-5-9(6-4-7)12-13-10(8(2)14)11(15)16/h3-6,14H,1-2H3,(H,15,16)/b10-8+,13-12?. The summed E-state index contributed by atoms with van der Waals surface area (Å²) >= 11 is 0. The van der Waals surface area contributed by atoms with Gasteiger partial charge < -0.3 is 10.2 Å². The number of carboxylic acid groups (broad SMARTS) is 1. The molecule has 1 rings (SSSR count). The summed E-state index contributed by atoms with van der Waals surface area (Å²) in [7, 11) is 0. The van der Waals surface area contributed by atoms with E-state index in [1.807, 2.05) is 19.1 Å². The molecule has 0 atom stereocenters. The third-order valence-corrected chi connectivity index (χ3v) is 1.84. The monoisotopic (exact) mass is 220 g/mol. The third-order valence-electron chi connectivity index (χ3n) is 1.84. The molecule has 5 heteroatoms. The summed E-state index contributed by atoms with van der Waals surface area (Å²) in [5.41, 5.74) is 1.15. The molecule has 0 bridgehead atoms. The van der Waals surface area contributed by atoms with E-state index in [-0.39, 0.29) is 5.76 Å². The number of aliphatic hydroxyl groups is 1. The molecule has 0 aromatic heterocycles. The predicted molar refractivity (Wildman–Crippen MR) is 58.7 cm³/mol. The van der Waals surface area contributed by atoms with Gasteiger partial charge >= 0.3 is 5.97 Å². The predicted octanol–water partition coefficient (Wildman–Crippen LogP) is 2.95. The number of benzene rings is 1. The summed E-state index contributed by atoms with van der Waals surface area (Å²) in [5, 5.41) is 24.9. The number of rotatable bonds is 3. The maximum Gasteiger partial charge on any atom is 0.359 e. The number of hydrogen-bond donors (Lipinski definition) is 2. The van der Waals surface area contributed by atoms with Gasteiger partial charge in [-0.25, -0.2) is 4.79 Å². The van der Waals surface area contributed by atoms with Crippen LogP contribution in [0.4, 0.5) is 5.69 Å². The van der Waals surface area contributed by atoms with Gasteiger partial charge in [-0.15, -0.1) is 5.11 Å². The van der Waals surface area contributed by atoms with Crippen LogP contribution in [0.5, 0.6) is 0 Å². The van der Waals surface area contributed by atoms with Gasteiger partial charge in [0.05, 0.1) is 5.69 Å². The fourth-order valence-electron chi connectivity index (χ4n) is 0.989. The van der Waals surface area contributed by atoms with Crippen LogP contribution in [0, 0.1) is 6.92 Å². The number of aliphatic carboxylic acids is 1. The molecule has 0 aliphatic rings. The molecule has 0 saturated heterocycles. The van der Waals surface area contributed by atoms with Crippen LogP contribution in [0.25, 0.3) is 0 Å². The number of aliphatic hydroxyl groups excluding tert-OH is 1. The second kappa shape index (κ2) is 5.06. The smallest absolute Gasteiger partial charge is 0.359 e. The number of hydrogen-bond acceptors (Lipinski definition) is 4. The highest BCUT2D eigenvalue weighted by atomic mass is 16.4. The molecule has 2 N–H and O–H groups in total. The Labute approximate surface area is 92.8 Å². The van der Waals surface area contributed by atoms with E-state index < -0.39 is 11.7 Å². The highest BCUT2D eigenvalue weighted by Gasteiger charge is 2.09. The van der Waals surface area contributed by atoms with Crippen molar-refractivity contribution >= 4 is 11.7 Å². The normalized spacial score (nSPS) is 12.6. The van der Waals surface area contributed by atoms with E-state index in [1.165, 1.54) is 6.92 Å². The summed E-state index contributed by atoms with van der Waals surface area (Å²) in [4.78, 5) is 10.6. The van der Waals surface area contributed by atoms with Crippen molar-refractivity contribution in [3.05, 3.63) is 41.3 Å². The zero-order chi connectivity index (χ0) is 12.1. The Morgan fingerprint density at radius 1 is 1.19 bits per heavy atom. The Hall–Kier alpha value is -2.17. The molecule has 0 aliphatic heterocycles. The minimum Gasteiger partial charge on any atom is -0.510 e. The minimum absolute atomic E-state index is 0.372. The van der Waals surface area contributed by atoms with E-state index in [9.17, 15) is 4.79 Å². The molecule has 0 heterocycles. The maximum atomic E-state index is 10.6. The number of allylic oxidation sites excluding steroid dienone is 1. The number of aryl methyl sites for hydroxylation is 1. The molecular formula is C11H12N2O3. The van der Waals surface area contributed by atoms with Gasteiger partial charge in [-0.05, 0) is 26.0 Å². The lowest BCUT2D eigenvalue weighted by atomic mass is 10.2. The minimum atomic E-state index is -1.31. The SMILES string of the molecule is C/C(O)=C(\N=Nc1ccc(C)cc1)C(=O)O. The molecular weight excluding hydrogens is 208 g/mol. The lowest BCUT2D eigenvalue weighted by molar-refractivity contribution is -0.132. The third kappa shape index (κ3) is 3.20. The first-order valence-electron chi connectivity index (χ1n) is 4.62. The highest BCUT2D eigenvalue weighted by Crippen LogP contribution is 2.15. The molecule has 0 saturated carbocycles. The molecule has 0 aliphatic carbocycles. The van der Waals surface area contributed by atoms with Gasteiger partial charge in [-0.3, -0.25) is 0 Å². The first kappa shape index (κ1) is 11.9. The highest BCUT2D eigenvalue weighted by molar-refractivity contribution is 5.86. The first-order chi connectivity index (χ1) is 7.50. The van der Waals surface area contributed by atoms with Gasteiger partial charge in [-0.1, -0.05) is 17.7 Å². The van der Waals surface area contributed by atoms with Crippen LogP contribution in [0.2, 0.25) is 0 Å². The Balaban J connectivity index is 2.92. The van der Waals surface area contributed by atoms with Crippen LogP contribution < -0.4 is 0 Å². The first-order valence-corrected chi connectivity index (χ1v) is 4.62. The topological polar surface area (TPSA) is 82.2 Å². The molecule has 16 heavy (non-hydrogen) atoms. The Bertz CT molecular complexity index is 443. The van der Waals surface area contributed by atoms with Crippen LogP contribution in [0.1, 0.15) is 12.5 Å². The van der Waals surface area contributed by atoms with Crippen molar-refractivity contribution in [1.82, 2.24) is 0 Å². The average Bonchev–Trinajstić information content (AvgIpc) is 2.20. The molecule has 0 spiro atoms. The second-order valence-electron chi connectivity index (χ2n) is 3.27. The molecule has 84 valence electrons. The second-order valence-corrected chi connectivity index (χ2v) is 3.27. The van der Waals surface area contributed by atoms with E-state index in [1.54, 1.807) is 12.1 Å². The lowest BCUT2D eigenvalue weighted by Crippen LogP contribution is -2.00. The van der Waals surface area contributed by atoms with Gasteiger partial charge in [0.1, 0.15) is 5.76 Å². The number of azo groups is 1. The molecule has 5 nitrogen and oxygen atoms in total. The van der Waals surface area contributed by atoms with Crippen LogP contribution in [0.15, 0.2) is 46.0 Å². The van der Waals surface area contributed by atoms with Crippen LogP contribution in [0.3, 0.4) is 0 Å². The van der Waals surface area contributed by atoms with E-state index in [4.69, 9.17) is 10.2 Å². The van der Waals surface area contributed by atoms with Gasteiger partial charge in [0.25, 0.3) is 0 Å². The fraction of sp³-hybridized carbons (Fsp3) is 0.182. The molecule has 1 aromatic rings. The van der Waals surface area contributed by atoms with Gasteiger partial charge in [0.15, 0.2) is 0 Å². The summed E-state index contributed by atoms with van der Waals surface area (Å²) < 4.78 is 0. The molecule has 0 radical (unpaired) electrons. The summed E-state index contributed by atoms with van der Waals surface area (Å²) in [6, 6.07) is 7.10. The van der Waals surface area contributed by atoms with Crippen LogP contribution >= 0.6 is 0 Å². The Morgan fingerprint density at radius 3 is 2.19 bits per heavy atom. The van der Waals surface area contributed by atoms with Crippen molar-refractivity contribution in [3.8, 4) is 0 Å². The van der Waals surface area contributed by atoms with Crippen molar-refractivity contribution in [2.75, 3.05) is 0 Å². The zero-order valence-corrected chi connectivity index (χ0v) is 9.01. The number of carboxylic acids is 1.